The van der Waals surface area contributed by atoms with Crippen molar-refractivity contribution in [3.8, 4) is 0 Å². The van der Waals surface area contributed by atoms with Crippen molar-refractivity contribution in [3.05, 3.63) is 95.3 Å². The molecular weight excluding hydrogens is 459 g/mol. The van der Waals surface area contributed by atoms with Crippen LogP contribution in [-0.4, -0.2) is 26.4 Å². The van der Waals surface area contributed by atoms with E-state index >= 15 is 4.39 Å². The summed E-state index contributed by atoms with van der Waals surface area (Å²) in [5.74, 6) is -1.93. The van der Waals surface area contributed by atoms with Gasteiger partial charge in [0.05, 0.1) is 28.1 Å². The Morgan fingerprint density at radius 2 is 2.03 bits per heavy atom. The van der Waals surface area contributed by atoms with Crippen molar-refractivity contribution in [1.82, 2.24) is 9.55 Å². The molecule has 1 aliphatic carbocycles. The fourth-order valence-electron chi connectivity index (χ4n) is 5.11. The number of hydrogen-bond donors (Lipinski definition) is 1. The highest BCUT2D eigenvalue weighted by Crippen LogP contribution is 2.40. The molecule has 0 saturated heterocycles. The summed E-state index contributed by atoms with van der Waals surface area (Å²) < 4.78 is 22.4. The molecule has 3 aromatic heterocycles. The van der Waals surface area contributed by atoms with Crippen molar-refractivity contribution < 1.29 is 23.5 Å². The average molecular weight is 480 g/mol. The number of aryl methyl sites for hydroxylation is 1. The fraction of sp³-hybridized carbons (Fsp3) is 0.138. The van der Waals surface area contributed by atoms with Crippen LogP contribution in [-0.2, 0) is 17.8 Å². The van der Waals surface area contributed by atoms with Crippen LogP contribution in [0.5, 0.6) is 0 Å². The minimum absolute atomic E-state index is 0.0814. The lowest BCUT2D eigenvalue weighted by atomic mass is 9.93. The first-order chi connectivity index (χ1) is 17.5. The Kier molecular flexibility index (Phi) is 5.07. The molecule has 0 amide bonds. The number of carbonyl (C=O) groups excluding carboxylic acids is 1. The average Bonchev–Trinajstić information content (AvgIpc) is 3.48. The third kappa shape index (κ3) is 3.27. The van der Waals surface area contributed by atoms with E-state index in [0.717, 1.165) is 22.2 Å². The SMILES string of the molecule is CCc1cc(Cn2c(C(=O)O)c(C3=CC=CCC3=O)c3c4occc4c(F)cc32)c2ccccc2n1. The molecule has 0 unspecified atom stereocenters. The van der Waals surface area contributed by atoms with Crippen LogP contribution in [0.4, 0.5) is 4.39 Å². The van der Waals surface area contributed by atoms with E-state index in [-0.39, 0.29) is 46.5 Å². The second-order valence-corrected chi connectivity index (χ2v) is 8.81. The molecule has 1 N–H and O–H groups in total. The Labute approximate surface area is 205 Å². The number of nitrogens with zero attached hydrogens (tertiary/aromatic N) is 2. The third-order valence-electron chi connectivity index (χ3n) is 6.74. The van der Waals surface area contributed by atoms with Crippen LogP contribution in [0.25, 0.3) is 38.3 Å². The Morgan fingerprint density at radius 3 is 2.81 bits per heavy atom. The van der Waals surface area contributed by atoms with Crippen molar-refractivity contribution in [2.75, 3.05) is 0 Å². The lowest BCUT2D eigenvalue weighted by Gasteiger charge is -2.14. The second kappa shape index (κ2) is 8.30. The highest BCUT2D eigenvalue weighted by atomic mass is 19.1. The van der Waals surface area contributed by atoms with Crippen molar-refractivity contribution in [3.63, 3.8) is 0 Å². The quantitative estimate of drug-likeness (QED) is 0.319. The molecule has 0 fully saturated rings. The molecule has 0 atom stereocenters. The van der Waals surface area contributed by atoms with Gasteiger partial charge < -0.3 is 14.1 Å². The van der Waals surface area contributed by atoms with Crippen molar-refractivity contribution in [2.45, 2.75) is 26.3 Å². The summed E-state index contributed by atoms with van der Waals surface area (Å²) in [6.07, 6.45) is 7.31. The molecule has 6 rings (SSSR count). The van der Waals surface area contributed by atoms with Crippen LogP contribution in [0, 0.1) is 5.82 Å². The number of aromatic carboxylic acids is 1. The summed E-state index contributed by atoms with van der Waals surface area (Å²) in [5, 5.41) is 12.0. The number of benzene rings is 2. The molecule has 2 aromatic carbocycles. The number of pyridine rings is 1. The number of Topliss-reactive ketones (excluding diaryl/α,β-unsaturated/α-hetero) is 1. The molecule has 0 bridgehead atoms. The Hall–Kier alpha value is -4.52. The summed E-state index contributed by atoms with van der Waals surface area (Å²) in [7, 11) is 0. The topological polar surface area (TPSA) is 85.3 Å². The van der Waals surface area contributed by atoms with Crippen molar-refractivity contribution >= 4 is 50.1 Å². The number of halogens is 1. The highest BCUT2D eigenvalue weighted by molar-refractivity contribution is 6.29. The summed E-state index contributed by atoms with van der Waals surface area (Å²) in [6, 6.07) is 12.5. The Bertz CT molecular complexity index is 1790. The normalized spacial score (nSPS) is 13.7. The fourth-order valence-corrected chi connectivity index (χ4v) is 5.11. The molecule has 5 aromatic rings. The number of furan rings is 1. The van der Waals surface area contributed by atoms with Gasteiger partial charge in [-0.1, -0.05) is 43.4 Å². The van der Waals surface area contributed by atoms with Crippen LogP contribution in [0.15, 0.2) is 71.4 Å². The highest BCUT2D eigenvalue weighted by Gasteiger charge is 2.31. The number of carboxylic acids is 1. The molecule has 7 heteroatoms. The van der Waals surface area contributed by atoms with Gasteiger partial charge in [0.15, 0.2) is 5.78 Å². The molecule has 178 valence electrons. The van der Waals surface area contributed by atoms with Crippen LogP contribution < -0.4 is 0 Å². The summed E-state index contributed by atoms with van der Waals surface area (Å²) in [6.45, 7) is 2.15. The van der Waals surface area contributed by atoms with E-state index in [2.05, 4.69) is 0 Å². The molecule has 1 aliphatic rings. The van der Waals surface area contributed by atoms with Gasteiger partial charge in [-0.25, -0.2) is 9.18 Å². The number of rotatable bonds is 5. The Balaban J connectivity index is 1.73. The van der Waals surface area contributed by atoms with Gasteiger partial charge in [-0.15, -0.1) is 0 Å². The van der Waals surface area contributed by atoms with Gasteiger partial charge >= 0.3 is 5.97 Å². The molecule has 3 heterocycles. The minimum atomic E-state index is -1.21. The zero-order valence-corrected chi connectivity index (χ0v) is 19.4. The molecule has 6 nitrogen and oxygen atoms in total. The van der Waals surface area contributed by atoms with Crippen molar-refractivity contribution in [1.29, 1.82) is 0 Å². The summed E-state index contributed by atoms with van der Waals surface area (Å²) >= 11 is 0. The third-order valence-corrected chi connectivity index (χ3v) is 6.74. The standard InChI is InChI=1S/C29H21FN2O4/c1-2-17-13-16(18-7-3-5-9-22(18)31-17)15-32-23-14-21(30)19-11-12-36-28(19)26(23)25(27(32)29(34)35)20-8-4-6-10-24(20)33/h3-9,11-14H,2,10,15H2,1H3,(H,34,35). The molecular formula is C29H21FN2O4. The molecule has 0 aliphatic heterocycles. The molecule has 0 saturated carbocycles. The van der Waals surface area contributed by atoms with Crippen molar-refractivity contribution in [2.24, 2.45) is 0 Å². The van der Waals surface area contributed by atoms with Gasteiger partial charge in [-0.3, -0.25) is 9.78 Å². The zero-order chi connectivity index (χ0) is 25.0. The number of fused-ring (bicyclic) bond motifs is 4. The molecule has 0 radical (unpaired) electrons. The predicted molar refractivity (Wildman–Crippen MR) is 136 cm³/mol. The number of carbonyl (C=O) groups is 2. The molecule has 36 heavy (non-hydrogen) atoms. The summed E-state index contributed by atoms with van der Waals surface area (Å²) in [5.41, 5.74) is 3.54. The first-order valence-electron chi connectivity index (χ1n) is 11.7. The largest absolute Gasteiger partial charge is 0.477 e. The van der Waals surface area contributed by atoms with Gasteiger partial charge in [0.2, 0.25) is 0 Å². The van der Waals surface area contributed by atoms with Gasteiger partial charge in [0.25, 0.3) is 0 Å². The smallest absolute Gasteiger partial charge is 0.353 e. The first-order valence-corrected chi connectivity index (χ1v) is 11.7. The Morgan fingerprint density at radius 1 is 1.19 bits per heavy atom. The van der Waals surface area contributed by atoms with E-state index in [0.29, 0.717) is 17.3 Å². The monoisotopic (exact) mass is 480 g/mol. The number of ketones is 1. The predicted octanol–water partition coefficient (Wildman–Crippen LogP) is 6.30. The maximum Gasteiger partial charge on any atom is 0.353 e. The van der Waals surface area contributed by atoms with E-state index in [9.17, 15) is 14.7 Å². The van der Waals surface area contributed by atoms with Crippen LogP contribution in [0.3, 0.4) is 0 Å². The maximum absolute atomic E-state index is 15.2. The van der Waals surface area contributed by atoms with Crippen LogP contribution in [0.2, 0.25) is 0 Å². The van der Waals surface area contributed by atoms with E-state index in [1.807, 2.05) is 37.3 Å². The molecule has 0 spiro atoms. The van der Waals surface area contributed by atoms with E-state index in [1.54, 1.807) is 22.8 Å². The lowest BCUT2D eigenvalue weighted by molar-refractivity contribution is -0.113. The minimum Gasteiger partial charge on any atom is -0.477 e. The number of carboxylic acid groups (broad SMARTS) is 1. The van der Waals surface area contributed by atoms with Gasteiger partial charge in [-0.05, 0) is 36.2 Å². The van der Waals surface area contributed by atoms with Gasteiger partial charge in [0, 0.05) is 35.2 Å². The van der Waals surface area contributed by atoms with Gasteiger partial charge in [-0.2, -0.15) is 0 Å². The number of hydrogen-bond acceptors (Lipinski definition) is 4. The van der Waals surface area contributed by atoms with E-state index in [4.69, 9.17) is 9.40 Å². The zero-order valence-electron chi connectivity index (χ0n) is 19.4. The summed E-state index contributed by atoms with van der Waals surface area (Å²) in [4.78, 5) is 30.4. The van der Waals surface area contributed by atoms with Gasteiger partial charge in [0.1, 0.15) is 17.1 Å². The lowest BCUT2D eigenvalue weighted by Crippen LogP contribution is -2.14. The number of allylic oxidation sites excluding steroid dienone is 4. The van der Waals surface area contributed by atoms with E-state index < -0.39 is 11.8 Å². The number of para-hydroxylation sites is 1. The second-order valence-electron chi connectivity index (χ2n) is 8.81. The van der Waals surface area contributed by atoms with Crippen LogP contribution in [0.1, 0.15) is 40.7 Å². The van der Waals surface area contributed by atoms with E-state index in [1.165, 1.54) is 18.4 Å². The number of aromatic nitrogens is 2. The van der Waals surface area contributed by atoms with Crippen LogP contribution >= 0.6 is 0 Å². The first kappa shape index (κ1) is 22.0. The maximum atomic E-state index is 15.2.